The van der Waals surface area contributed by atoms with E-state index in [4.69, 9.17) is 19.3 Å². The summed E-state index contributed by atoms with van der Waals surface area (Å²) in [6.45, 7) is 3.25. The van der Waals surface area contributed by atoms with Crippen molar-refractivity contribution in [2.24, 2.45) is 0 Å². The van der Waals surface area contributed by atoms with E-state index in [0.717, 1.165) is 41.7 Å². The van der Waals surface area contributed by atoms with E-state index in [2.05, 4.69) is 31.2 Å². The van der Waals surface area contributed by atoms with Gasteiger partial charge < -0.3 is 19.3 Å². The normalized spacial score (nSPS) is 15.9. The second-order valence-corrected chi connectivity index (χ2v) is 12.8. The number of hydrogen-bond acceptors (Lipinski definition) is 6. The molecule has 5 rings (SSSR count). The van der Waals surface area contributed by atoms with Gasteiger partial charge in [0.05, 0.1) is 25.4 Å². The molecule has 2 aliphatic rings. The Hall–Kier alpha value is -3.52. The molecule has 1 aliphatic heterocycles. The van der Waals surface area contributed by atoms with Crippen LogP contribution in [0.4, 0.5) is 0 Å². The van der Waals surface area contributed by atoms with Gasteiger partial charge in [-0.3, -0.25) is 4.79 Å². The van der Waals surface area contributed by atoms with Crippen molar-refractivity contribution in [2.45, 2.75) is 51.6 Å². The Morgan fingerprint density at radius 2 is 1.85 bits per heavy atom. The molecule has 0 amide bonds. The minimum absolute atomic E-state index is 0.0556. The number of hydrogen-bond donors (Lipinski definition) is 1. The summed E-state index contributed by atoms with van der Waals surface area (Å²) in [5, 5.41) is 9.12. The molecule has 1 aliphatic carbocycles. The molecule has 0 aromatic heterocycles. The van der Waals surface area contributed by atoms with Crippen molar-refractivity contribution >= 4 is 15.8 Å². The largest absolute Gasteiger partial charge is 0.494 e. The van der Waals surface area contributed by atoms with Crippen LogP contribution in [0.15, 0.2) is 48.5 Å². The fourth-order valence-corrected chi connectivity index (χ4v) is 6.17. The fourth-order valence-electron chi connectivity index (χ4n) is 5.53. The van der Waals surface area contributed by atoms with Gasteiger partial charge in [-0.15, -0.1) is 0 Å². The number of sulfone groups is 1. The van der Waals surface area contributed by atoms with Gasteiger partial charge in [-0.25, -0.2) is 8.42 Å². The second-order valence-electron chi connectivity index (χ2n) is 10.5. The highest BCUT2D eigenvalue weighted by molar-refractivity contribution is 7.90. The van der Waals surface area contributed by atoms with Gasteiger partial charge in [0, 0.05) is 23.8 Å². The van der Waals surface area contributed by atoms with Gasteiger partial charge >= 0.3 is 5.97 Å². The van der Waals surface area contributed by atoms with Crippen molar-refractivity contribution in [1.82, 2.24) is 0 Å². The molecule has 1 heterocycles. The molecule has 3 aromatic rings. The van der Waals surface area contributed by atoms with Crippen molar-refractivity contribution in [2.75, 3.05) is 25.2 Å². The lowest BCUT2D eigenvalue weighted by Crippen LogP contribution is -2.08. The number of carbonyl (C=O) groups is 1. The van der Waals surface area contributed by atoms with E-state index < -0.39 is 15.8 Å². The number of carboxylic acid groups (broad SMARTS) is 1. The predicted octanol–water partition coefficient (Wildman–Crippen LogP) is 5.49. The number of ether oxygens (including phenoxy) is 3. The number of fused-ring (bicyclic) bond motifs is 4. The van der Waals surface area contributed by atoms with Crippen LogP contribution in [0.5, 0.6) is 17.2 Å². The molecular formula is C31H34O7S. The summed E-state index contributed by atoms with van der Waals surface area (Å²) in [6, 6.07) is 16.3. The molecule has 1 N–H and O–H groups in total. The van der Waals surface area contributed by atoms with Crippen molar-refractivity contribution in [1.29, 1.82) is 0 Å². The van der Waals surface area contributed by atoms with Crippen molar-refractivity contribution in [3.8, 4) is 28.4 Å². The SMILES string of the molecule is Cc1cc(OCCCS(C)(=O)=O)cc2c1-c1cc(COc3ccc4c(c3)OC[C@H]4CC(=O)O)ccc1CCC2. The number of carboxylic acids is 1. The topological polar surface area (TPSA) is 99.1 Å². The Balaban J connectivity index is 1.31. The summed E-state index contributed by atoms with van der Waals surface area (Å²) in [5.74, 6) is 1.34. The van der Waals surface area contributed by atoms with E-state index in [1.54, 1.807) is 0 Å². The molecule has 0 bridgehead atoms. The van der Waals surface area contributed by atoms with Crippen LogP contribution >= 0.6 is 0 Å². The maximum Gasteiger partial charge on any atom is 0.304 e. The monoisotopic (exact) mass is 550 g/mol. The molecule has 0 saturated carbocycles. The second kappa shape index (κ2) is 11.3. The zero-order chi connectivity index (χ0) is 27.6. The molecule has 0 unspecified atom stereocenters. The Labute approximate surface area is 229 Å². The Kier molecular flexibility index (Phi) is 7.84. The first kappa shape index (κ1) is 27.1. The zero-order valence-electron chi connectivity index (χ0n) is 22.4. The number of benzene rings is 3. The summed E-state index contributed by atoms with van der Waals surface area (Å²) >= 11 is 0. The molecule has 0 saturated heterocycles. The summed E-state index contributed by atoms with van der Waals surface area (Å²) in [6.07, 6.45) is 4.77. The maximum atomic E-state index is 11.4. The molecule has 1 atom stereocenters. The average molecular weight is 551 g/mol. The zero-order valence-corrected chi connectivity index (χ0v) is 23.2. The number of rotatable bonds is 10. The summed E-state index contributed by atoms with van der Waals surface area (Å²) < 4.78 is 40.6. The molecule has 7 nitrogen and oxygen atoms in total. The van der Waals surface area contributed by atoms with Gasteiger partial charge in [-0.2, -0.15) is 0 Å². The van der Waals surface area contributed by atoms with Gasteiger partial charge in [0.1, 0.15) is 33.7 Å². The molecule has 0 spiro atoms. The predicted molar refractivity (Wildman–Crippen MR) is 150 cm³/mol. The van der Waals surface area contributed by atoms with E-state index >= 15 is 0 Å². The Bertz CT molecular complexity index is 1490. The molecule has 8 heteroatoms. The third-order valence-corrected chi connectivity index (χ3v) is 8.38. The third kappa shape index (κ3) is 6.56. The Morgan fingerprint density at radius 1 is 1.03 bits per heavy atom. The van der Waals surface area contributed by atoms with Gasteiger partial charge in [0.2, 0.25) is 0 Å². The van der Waals surface area contributed by atoms with Crippen LogP contribution in [0.3, 0.4) is 0 Å². The highest BCUT2D eigenvalue weighted by Crippen LogP contribution is 2.40. The third-order valence-electron chi connectivity index (χ3n) is 7.35. The molecule has 0 fully saturated rings. The van der Waals surface area contributed by atoms with Gasteiger partial charge in [0.15, 0.2) is 0 Å². The van der Waals surface area contributed by atoms with Crippen LogP contribution < -0.4 is 14.2 Å². The smallest absolute Gasteiger partial charge is 0.304 e. The lowest BCUT2D eigenvalue weighted by molar-refractivity contribution is -0.137. The average Bonchev–Trinajstić information content (AvgIpc) is 3.16. The van der Waals surface area contributed by atoms with Crippen LogP contribution in [0, 0.1) is 6.92 Å². The lowest BCUT2D eigenvalue weighted by atomic mass is 9.91. The standard InChI is InChI=1S/C31H34O7S/c1-20-13-26(36-11-4-12-39(2,34)35)15-23-6-3-5-22-8-7-21(14-28(22)31(20)23)18-37-25-9-10-27-24(16-30(32)33)19-38-29(27)17-25/h7-10,13-15,17,24H,3-6,11-12,16,18-19H2,1-2H3,(H,32,33)/t24-/m1/s1. The highest BCUT2D eigenvalue weighted by atomic mass is 32.2. The molecule has 39 heavy (non-hydrogen) atoms. The fraction of sp³-hybridized carbons (Fsp3) is 0.387. The van der Waals surface area contributed by atoms with Gasteiger partial charge in [-0.05, 0) is 90.3 Å². The maximum absolute atomic E-state index is 11.4. The highest BCUT2D eigenvalue weighted by Gasteiger charge is 2.26. The van der Waals surface area contributed by atoms with Gasteiger partial charge in [-0.1, -0.05) is 18.2 Å². The minimum atomic E-state index is -2.99. The van der Waals surface area contributed by atoms with E-state index in [1.165, 1.54) is 28.5 Å². The van der Waals surface area contributed by atoms with E-state index in [9.17, 15) is 13.2 Å². The van der Waals surface area contributed by atoms with Gasteiger partial charge in [0.25, 0.3) is 0 Å². The van der Waals surface area contributed by atoms with Crippen LogP contribution in [0.1, 0.15) is 53.0 Å². The first-order chi connectivity index (χ1) is 18.7. The van der Waals surface area contributed by atoms with E-state index in [0.29, 0.717) is 37.7 Å². The molecule has 206 valence electrons. The summed E-state index contributed by atoms with van der Waals surface area (Å²) in [7, 11) is -2.99. The molecular weight excluding hydrogens is 516 g/mol. The van der Waals surface area contributed by atoms with Crippen molar-refractivity contribution < 1.29 is 32.5 Å². The van der Waals surface area contributed by atoms with Crippen LogP contribution in [-0.4, -0.2) is 44.7 Å². The van der Waals surface area contributed by atoms with E-state index in [-0.39, 0.29) is 18.1 Å². The summed E-state index contributed by atoms with van der Waals surface area (Å²) in [5.41, 5.74) is 8.14. The van der Waals surface area contributed by atoms with E-state index in [1.807, 2.05) is 24.3 Å². The lowest BCUT2D eigenvalue weighted by Gasteiger charge is -2.17. The van der Waals surface area contributed by atoms with Crippen LogP contribution in [0.2, 0.25) is 0 Å². The van der Waals surface area contributed by atoms with Crippen LogP contribution in [0.25, 0.3) is 11.1 Å². The van der Waals surface area contributed by atoms with Crippen molar-refractivity contribution in [3.63, 3.8) is 0 Å². The van der Waals surface area contributed by atoms with Crippen molar-refractivity contribution in [3.05, 3.63) is 76.3 Å². The number of aliphatic carboxylic acids is 1. The van der Waals surface area contributed by atoms with Crippen LogP contribution in [-0.2, 0) is 34.1 Å². The summed E-state index contributed by atoms with van der Waals surface area (Å²) in [4.78, 5) is 11.1. The number of aryl methyl sites for hydroxylation is 3. The minimum Gasteiger partial charge on any atom is -0.494 e. The quantitative estimate of drug-likeness (QED) is 0.333. The Morgan fingerprint density at radius 3 is 2.64 bits per heavy atom. The molecule has 0 radical (unpaired) electrons. The molecule has 3 aromatic carbocycles. The first-order valence-corrected chi connectivity index (χ1v) is 15.4. The first-order valence-electron chi connectivity index (χ1n) is 13.3.